The van der Waals surface area contributed by atoms with Crippen LogP contribution in [0.5, 0.6) is 17.2 Å². The smallest absolute Gasteiger partial charge is 0.272 e. The highest BCUT2D eigenvalue weighted by Gasteiger charge is 2.16. The number of aromatic hydroxyl groups is 2. The predicted molar refractivity (Wildman–Crippen MR) is 123 cm³/mol. The largest absolute Gasteiger partial charge is 0.508 e. The number of phenolic OH excluding ortho intramolecular Hbond substituents is 2. The van der Waals surface area contributed by atoms with Crippen LogP contribution in [0.4, 0.5) is 0 Å². The molecule has 3 aromatic carbocycles. The topological polar surface area (TPSA) is 104 Å². The Kier molecular flexibility index (Phi) is 5.72. The standard InChI is InChI=1S/C25H21N3O4/c1-15(19-13-16(29)11-12-23(19)30)27-28-25(31)20-14-22(18-8-4-6-10-24(18)32-2)26-21-9-5-3-7-17(20)21/h3-14,29-30H,1-2H3,(H,28,31). The number of phenols is 2. The highest BCUT2D eigenvalue weighted by molar-refractivity contribution is 6.08. The molecular formula is C25H21N3O4. The van der Waals surface area contributed by atoms with Crippen molar-refractivity contribution in [1.82, 2.24) is 10.4 Å². The van der Waals surface area contributed by atoms with Crippen LogP contribution in [0, 0.1) is 0 Å². The summed E-state index contributed by atoms with van der Waals surface area (Å²) >= 11 is 0. The number of carbonyl (C=O) groups is 1. The van der Waals surface area contributed by atoms with Gasteiger partial charge in [0.25, 0.3) is 5.91 Å². The van der Waals surface area contributed by atoms with Gasteiger partial charge in [-0.1, -0.05) is 30.3 Å². The second-order valence-electron chi connectivity index (χ2n) is 7.11. The van der Waals surface area contributed by atoms with Crippen LogP contribution in [0.3, 0.4) is 0 Å². The van der Waals surface area contributed by atoms with Gasteiger partial charge in [-0.15, -0.1) is 0 Å². The van der Waals surface area contributed by atoms with E-state index in [-0.39, 0.29) is 11.5 Å². The molecule has 0 saturated heterocycles. The van der Waals surface area contributed by atoms with Gasteiger partial charge in [-0.3, -0.25) is 4.79 Å². The third-order valence-corrected chi connectivity index (χ3v) is 5.04. The van der Waals surface area contributed by atoms with E-state index in [1.165, 1.54) is 18.2 Å². The van der Waals surface area contributed by atoms with E-state index in [0.29, 0.717) is 39.2 Å². The first-order chi connectivity index (χ1) is 15.5. The van der Waals surface area contributed by atoms with E-state index in [1.54, 1.807) is 20.1 Å². The number of carbonyl (C=O) groups excluding carboxylic acids is 1. The van der Waals surface area contributed by atoms with Crippen molar-refractivity contribution in [3.8, 4) is 28.5 Å². The number of rotatable bonds is 5. The van der Waals surface area contributed by atoms with Gasteiger partial charge in [0.05, 0.1) is 29.6 Å². The van der Waals surface area contributed by atoms with Gasteiger partial charge in [0.15, 0.2) is 0 Å². The average molecular weight is 427 g/mol. The van der Waals surface area contributed by atoms with Crippen molar-refractivity contribution in [1.29, 1.82) is 0 Å². The van der Waals surface area contributed by atoms with Crippen LogP contribution in [-0.4, -0.2) is 33.9 Å². The van der Waals surface area contributed by atoms with Gasteiger partial charge < -0.3 is 14.9 Å². The molecule has 0 aliphatic heterocycles. The summed E-state index contributed by atoms with van der Waals surface area (Å²) in [5.41, 5.74) is 5.62. The minimum Gasteiger partial charge on any atom is -0.508 e. The second-order valence-corrected chi connectivity index (χ2v) is 7.11. The van der Waals surface area contributed by atoms with E-state index in [1.807, 2.05) is 48.5 Å². The Hall–Kier alpha value is -4.39. The minimum absolute atomic E-state index is 0.0137. The van der Waals surface area contributed by atoms with Gasteiger partial charge in [0.2, 0.25) is 0 Å². The SMILES string of the molecule is COc1ccccc1-c1cc(C(=O)NN=C(C)c2cc(O)ccc2O)c2ccccc2n1. The quantitative estimate of drug-likeness (QED) is 0.248. The van der Waals surface area contributed by atoms with Crippen LogP contribution in [0.15, 0.2) is 77.9 Å². The Morgan fingerprint density at radius 2 is 1.72 bits per heavy atom. The molecule has 0 aliphatic rings. The lowest BCUT2D eigenvalue weighted by atomic mass is 10.0. The summed E-state index contributed by atoms with van der Waals surface area (Å²) < 4.78 is 5.45. The third kappa shape index (κ3) is 4.09. The van der Waals surface area contributed by atoms with Gasteiger partial charge in [-0.25, -0.2) is 10.4 Å². The van der Waals surface area contributed by atoms with Crippen LogP contribution in [-0.2, 0) is 0 Å². The number of nitrogens with one attached hydrogen (secondary N) is 1. The maximum Gasteiger partial charge on any atom is 0.272 e. The van der Waals surface area contributed by atoms with Gasteiger partial charge in [-0.2, -0.15) is 5.10 Å². The fourth-order valence-corrected chi connectivity index (χ4v) is 3.43. The fourth-order valence-electron chi connectivity index (χ4n) is 3.43. The minimum atomic E-state index is -0.432. The lowest BCUT2D eigenvalue weighted by molar-refractivity contribution is 0.0956. The molecule has 7 heteroatoms. The van der Waals surface area contributed by atoms with E-state index >= 15 is 0 Å². The zero-order valence-electron chi connectivity index (χ0n) is 17.5. The van der Waals surface area contributed by atoms with Crippen molar-refractivity contribution in [3.05, 3.63) is 83.9 Å². The van der Waals surface area contributed by atoms with E-state index in [0.717, 1.165) is 5.56 Å². The Bertz CT molecular complexity index is 1350. The van der Waals surface area contributed by atoms with Crippen LogP contribution < -0.4 is 10.2 Å². The number of aromatic nitrogens is 1. The Balaban J connectivity index is 1.75. The molecule has 160 valence electrons. The number of amides is 1. The molecule has 32 heavy (non-hydrogen) atoms. The number of fused-ring (bicyclic) bond motifs is 1. The fraction of sp³-hybridized carbons (Fsp3) is 0.0800. The molecule has 7 nitrogen and oxygen atoms in total. The van der Waals surface area contributed by atoms with Crippen molar-refractivity contribution in [2.75, 3.05) is 7.11 Å². The lowest BCUT2D eigenvalue weighted by Gasteiger charge is -2.12. The zero-order valence-corrected chi connectivity index (χ0v) is 17.5. The van der Waals surface area contributed by atoms with E-state index in [4.69, 9.17) is 9.72 Å². The van der Waals surface area contributed by atoms with Crippen LogP contribution in [0.2, 0.25) is 0 Å². The highest BCUT2D eigenvalue weighted by atomic mass is 16.5. The molecule has 0 bridgehead atoms. The van der Waals surface area contributed by atoms with E-state index in [9.17, 15) is 15.0 Å². The normalized spacial score (nSPS) is 11.4. The number of benzene rings is 3. The number of nitrogens with zero attached hydrogens (tertiary/aromatic N) is 2. The molecule has 0 radical (unpaired) electrons. The monoisotopic (exact) mass is 427 g/mol. The van der Waals surface area contributed by atoms with Gasteiger partial charge in [-0.05, 0) is 49.4 Å². The number of hydrazone groups is 1. The summed E-state index contributed by atoms with van der Waals surface area (Å²) in [6.45, 7) is 1.62. The number of hydrogen-bond donors (Lipinski definition) is 3. The molecule has 1 amide bonds. The Morgan fingerprint density at radius 1 is 0.969 bits per heavy atom. The molecule has 0 atom stereocenters. The maximum atomic E-state index is 13.1. The molecule has 0 unspecified atom stereocenters. The average Bonchev–Trinajstić information content (AvgIpc) is 2.83. The Morgan fingerprint density at radius 3 is 2.53 bits per heavy atom. The molecule has 0 saturated carbocycles. The molecule has 1 heterocycles. The number of hydrogen-bond acceptors (Lipinski definition) is 6. The number of methoxy groups -OCH3 is 1. The zero-order chi connectivity index (χ0) is 22.7. The summed E-state index contributed by atoms with van der Waals surface area (Å²) in [4.78, 5) is 17.8. The van der Waals surface area contributed by atoms with Gasteiger partial charge in [0.1, 0.15) is 17.2 Å². The first-order valence-corrected chi connectivity index (χ1v) is 9.88. The molecule has 4 rings (SSSR count). The number of para-hydroxylation sites is 2. The van der Waals surface area contributed by atoms with Crippen LogP contribution >= 0.6 is 0 Å². The molecule has 0 aliphatic carbocycles. The molecule has 0 fully saturated rings. The predicted octanol–water partition coefficient (Wildman–Crippen LogP) is 4.48. The van der Waals surface area contributed by atoms with Gasteiger partial charge in [0, 0.05) is 16.5 Å². The molecule has 4 aromatic rings. The first-order valence-electron chi connectivity index (χ1n) is 9.88. The number of pyridine rings is 1. The van der Waals surface area contributed by atoms with Crippen molar-refractivity contribution in [3.63, 3.8) is 0 Å². The van der Waals surface area contributed by atoms with E-state index < -0.39 is 5.91 Å². The van der Waals surface area contributed by atoms with Crippen LogP contribution in [0.25, 0.3) is 22.2 Å². The molecule has 1 aromatic heterocycles. The summed E-state index contributed by atoms with van der Waals surface area (Å²) in [7, 11) is 1.59. The summed E-state index contributed by atoms with van der Waals surface area (Å²) in [6.07, 6.45) is 0. The highest BCUT2D eigenvalue weighted by Crippen LogP contribution is 2.31. The lowest BCUT2D eigenvalue weighted by Crippen LogP contribution is -2.20. The molecular weight excluding hydrogens is 406 g/mol. The summed E-state index contributed by atoms with van der Waals surface area (Å²) in [5.74, 6) is 0.153. The van der Waals surface area contributed by atoms with Crippen molar-refractivity contribution < 1.29 is 19.7 Å². The van der Waals surface area contributed by atoms with Crippen molar-refractivity contribution in [2.45, 2.75) is 6.92 Å². The van der Waals surface area contributed by atoms with Crippen LogP contribution in [0.1, 0.15) is 22.8 Å². The van der Waals surface area contributed by atoms with Gasteiger partial charge >= 0.3 is 0 Å². The summed E-state index contributed by atoms with van der Waals surface area (Å²) in [5, 5.41) is 24.5. The molecule has 3 N–H and O–H groups in total. The molecule has 0 spiro atoms. The summed E-state index contributed by atoms with van der Waals surface area (Å²) in [6, 6.07) is 20.6. The Labute approximate surface area is 184 Å². The first kappa shape index (κ1) is 20.9. The number of ether oxygens (including phenoxy) is 1. The third-order valence-electron chi connectivity index (χ3n) is 5.04. The van der Waals surface area contributed by atoms with E-state index in [2.05, 4.69) is 10.5 Å². The maximum absolute atomic E-state index is 13.1. The van der Waals surface area contributed by atoms with Crippen molar-refractivity contribution >= 4 is 22.5 Å². The second kappa shape index (κ2) is 8.77. The van der Waals surface area contributed by atoms with Crippen molar-refractivity contribution in [2.24, 2.45) is 5.10 Å².